The van der Waals surface area contributed by atoms with Gasteiger partial charge in [0.2, 0.25) is 0 Å². The van der Waals surface area contributed by atoms with E-state index >= 15 is 0 Å². The molecule has 11 aromatic rings. The molecule has 10 aromatic carbocycles. The molecule has 66 heavy (non-hydrogen) atoms. The van der Waals surface area contributed by atoms with Crippen LogP contribution in [0.4, 0.5) is 17.1 Å². The minimum Gasteiger partial charge on any atom is -0.313 e. The van der Waals surface area contributed by atoms with E-state index in [4.69, 9.17) is 0 Å². The fraction of sp³-hybridized carbons (Fsp3) is 0. The maximum atomic E-state index is 2.62. The van der Waals surface area contributed by atoms with Gasteiger partial charge in [0.05, 0.1) is 0 Å². The van der Waals surface area contributed by atoms with Gasteiger partial charge < -0.3 is 4.90 Å². The van der Waals surface area contributed by atoms with Gasteiger partial charge in [-0.25, -0.2) is 0 Å². The summed E-state index contributed by atoms with van der Waals surface area (Å²) in [6.45, 7) is 0. The molecule has 0 amide bonds. The van der Waals surface area contributed by atoms with Crippen LogP contribution in [-0.2, 0) is 0 Å². The molecule has 0 radical (unpaired) electrons. The Bertz CT molecular complexity index is 3700. The van der Waals surface area contributed by atoms with Crippen molar-refractivity contribution in [3.63, 3.8) is 0 Å². The smallest absolute Gasteiger partial charge is 0.141 e. The third-order valence-electron chi connectivity index (χ3n) is 14.8. The molecule has 1 heterocycles. The zero-order valence-electron chi connectivity index (χ0n) is 39.1. The number of hydrogen-bond donors (Lipinski definition) is 0. The first kappa shape index (κ1) is 41.9. The lowest BCUT2D eigenvalue weighted by Gasteiger charge is -2.37. The Hall–Kier alpha value is -6.74. The first-order valence-corrected chi connectivity index (χ1v) is 24.0. The first-order valence-electron chi connectivity index (χ1n) is 23.2. The number of nitrogens with zero attached hydrogens (tertiary/aromatic N) is 1. The molecule has 0 N–H and O–H groups in total. The average Bonchev–Trinajstić information content (AvgIpc) is 3.74. The molecule has 0 aliphatic rings. The van der Waals surface area contributed by atoms with Crippen molar-refractivity contribution in [2.45, 2.75) is 0 Å². The van der Waals surface area contributed by atoms with Crippen LogP contribution in [0.3, 0.4) is 0 Å². The van der Waals surface area contributed by atoms with Gasteiger partial charge in [0.1, 0.15) is 62.8 Å². The largest absolute Gasteiger partial charge is 0.313 e. The number of rotatable bonds is 7. The summed E-state index contributed by atoms with van der Waals surface area (Å²) in [7, 11) is 18.7. The Balaban J connectivity index is 1.12. The number of benzene rings is 10. The minimum absolute atomic E-state index is 1.16. The lowest BCUT2D eigenvalue weighted by molar-refractivity contribution is 1.33. The Morgan fingerprint density at radius 3 is 1.41 bits per heavy atom. The van der Waals surface area contributed by atoms with Gasteiger partial charge in [0, 0.05) is 37.2 Å². The monoisotopic (exact) mass is 851 g/mol. The van der Waals surface area contributed by atoms with Gasteiger partial charge >= 0.3 is 0 Å². The second-order valence-corrected chi connectivity index (χ2v) is 19.3. The van der Waals surface area contributed by atoms with Gasteiger partial charge in [-0.2, -0.15) is 0 Å². The van der Waals surface area contributed by atoms with Crippen molar-refractivity contribution >= 4 is 177 Å². The maximum absolute atomic E-state index is 2.62. The number of anilines is 3. The Kier molecular flexibility index (Phi) is 10.5. The van der Waals surface area contributed by atoms with Crippen molar-refractivity contribution in [2.75, 3.05) is 4.90 Å². The quantitative estimate of drug-likeness (QED) is 0.223. The Labute approximate surface area is 399 Å². The Morgan fingerprint density at radius 2 is 0.773 bits per heavy atom. The molecular formula is C56H45B8NS. The van der Waals surface area contributed by atoms with Gasteiger partial charge in [0.15, 0.2) is 0 Å². The molecule has 11 rings (SSSR count). The molecule has 0 atom stereocenters. The van der Waals surface area contributed by atoms with Crippen molar-refractivity contribution in [1.82, 2.24) is 0 Å². The third kappa shape index (κ3) is 6.72. The van der Waals surface area contributed by atoms with Crippen LogP contribution in [-0.4, -0.2) is 62.8 Å². The number of thiophene rings is 1. The highest BCUT2D eigenvalue weighted by atomic mass is 32.1. The predicted octanol–water partition coefficient (Wildman–Crippen LogP) is 2.57. The fourth-order valence-corrected chi connectivity index (χ4v) is 12.2. The van der Waals surface area contributed by atoms with Crippen LogP contribution in [0.15, 0.2) is 176 Å². The van der Waals surface area contributed by atoms with E-state index in [1.54, 1.807) is 0 Å². The average molecular weight is 851 g/mol. The SMILES string of the molecule is Bc1c(B)c(N(c2cccc(-c3cccc4c3sc3ccccc34)c2)c2c(B)c(B)c(-c3cccc4ccccc34)c(B)c2B)c(B)c(B)c1-c1ccc(-c2cccc3ccccc23)cc1. The van der Waals surface area contributed by atoms with Crippen LogP contribution in [0.5, 0.6) is 0 Å². The Morgan fingerprint density at radius 1 is 0.318 bits per heavy atom. The summed E-state index contributed by atoms with van der Waals surface area (Å²) >= 11 is 1.89. The van der Waals surface area contributed by atoms with Crippen LogP contribution in [0.2, 0.25) is 0 Å². The standard InChI is InChI=1S/C56H45B8NS/c57-46-44(33-27-25-32(26-28-33)37-20-8-13-30-11-1-3-17-36(30)37)47(58)51(62)54(50(46)61)65(35-16-7-15-34(29-35)39-21-10-23-42-40-19-5-6-24-43(40)66-56(39)42)55-52(63)48(59)45(49(60)53(55)64)41-22-9-14-31-12-2-4-18-38(31)41/h1-29H,57-64H2. The highest BCUT2D eigenvalue weighted by Gasteiger charge is 2.27. The molecule has 0 spiro atoms. The zero-order chi connectivity index (χ0) is 45.4. The van der Waals surface area contributed by atoms with E-state index in [1.807, 2.05) is 11.3 Å². The summed E-state index contributed by atoms with van der Waals surface area (Å²) in [5.74, 6) is 0. The molecule has 1 nitrogen and oxygen atoms in total. The van der Waals surface area contributed by atoms with Gasteiger partial charge in [-0.05, 0) is 84.3 Å². The molecule has 0 aliphatic carbocycles. The van der Waals surface area contributed by atoms with Gasteiger partial charge in [-0.15, -0.1) is 11.3 Å². The molecule has 10 heteroatoms. The van der Waals surface area contributed by atoms with Crippen molar-refractivity contribution in [3.8, 4) is 44.5 Å². The highest BCUT2D eigenvalue weighted by Crippen LogP contribution is 2.42. The van der Waals surface area contributed by atoms with Crippen LogP contribution in [0.1, 0.15) is 0 Å². The van der Waals surface area contributed by atoms with Gasteiger partial charge in [0.25, 0.3) is 0 Å². The maximum Gasteiger partial charge on any atom is 0.141 e. The summed E-state index contributed by atoms with van der Waals surface area (Å²) < 4.78 is 2.65. The zero-order valence-corrected chi connectivity index (χ0v) is 39.9. The van der Waals surface area contributed by atoms with Gasteiger partial charge in [-0.1, -0.05) is 201 Å². The number of hydrogen-bond acceptors (Lipinski definition) is 2. The summed E-state index contributed by atoms with van der Waals surface area (Å²) in [6, 6.07) is 65.0. The van der Waals surface area contributed by atoms with Crippen molar-refractivity contribution < 1.29 is 0 Å². The van der Waals surface area contributed by atoms with E-state index in [2.05, 4.69) is 244 Å². The molecule has 0 aliphatic heterocycles. The molecule has 0 fully saturated rings. The number of fused-ring (bicyclic) bond motifs is 5. The molecule has 0 saturated heterocycles. The molecule has 304 valence electrons. The summed E-state index contributed by atoms with van der Waals surface area (Å²) in [5, 5.41) is 7.73. The fourth-order valence-electron chi connectivity index (χ4n) is 11.0. The molecule has 0 saturated carbocycles. The molecule has 1 aromatic heterocycles. The van der Waals surface area contributed by atoms with Crippen LogP contribution in [0.25, 0.3) is 86.2 Å². The van der Waals surface area contributed by atoms with E-state index in [1.165, 1.54) is 141 Å². The molecule has 0 unspecified atom stereocenters. The summed E-state index contributed by atoms with van der Waals surface area (Å²) in [6.07, 6.45) is 0. The lowest BCUT2D eigenvalue weighted by atomic mass is 9.62. The molecule has 0 bridgehead atoms. The van der Waals surface area contributed by atoms with Gasteiger partial charge in [-0.3, -0.25) is 0 Å². The normalized spacial score (nSPS) is 11.5. The van der Waals surface area contributed by atoms with Crippen molar-refractivity contribution in [2.24, 2.45) is 0 Å². The minimum atomic E-state index is 1.16. The highest BCUT2D eigenvalue weighted by molar-refractivity contribution is 7.26. The van der Waals surface area contributed by atoms with Crippen molar-refractivity contribution in [1.29, 1.82) is 0 Å². The second kappa shape index (κ2) is 16.6. The van der Waals surface area contributed by atoms with Crippen LogP contribution < -0.4 is 48.6 Å². The lowest BCUT2D eigenvalue weighted by Crippen LogP contribution is -2.50. The predicted molar refractivity (Wildman–Crippen MR) is 316 cm³/mol. The van der Waals surface area contributed by atoms with E-state index in [0.29, 0.717) is 0 Å². The van der Waals surface area contributed by atoms with Crippen LogP contribution in [0, 0.1) is 0 Å². The molecular weight excluding hydrogens is 805 g/mol. The van der Waals surface area contributed by atoms with Crippen molar-refractivity contribution in [3.05, 3.63) is 176 Å². The third-order valence-corrected chi connectivity index (χ3v) is 16.0. The summed E-state index contributed by atoms with van der Waals surface area (Å²) in [5.41, 5.74) is 24.2. The topological polar surface area (TPSA) is 3.24 Å². The van der Waals surface area contributed by atoms with E-state index < -0.39 is 0 Å². The van der Waals surface area contributed by atoms with E-state index in [9.17, 15) is 0 Å². The van der Waals surface area contributed by atoms with E-state index in [0.717, 1.165) is 5.69 Å². The second-order valence-electron chi connectivity index (χ2n) is 18.2. The van der Waals surface area contributed by atoms with Crippen LogP contribution >= 0.6 is 11.3 Å². The summed E-state index contributed by atoms with van der Waals surface area (Å²) in [4.78, 5) is 2.62. The van der Waals surface area contributed by atoms with E-state index in [-0.39, 0.29) is 0 Å². The first-order chi connectivity index (χ1) is 32.1.